The molecule has 1 aliphatic heterocycles. The molecule has 0 saturated carbocycles. The molecule has 0 atom stereocenters. The number of amides is 1. The number of hydrogen-bond donors (Lipinski definition) is 2. The van der Waals surface area contributed by atoms with Crippen LogP contribution in [0.3, 0.4) is 0 Å². The first-order valence-electron chi connectivity index (χ1n) is 7.47. The molecule has 128 valence electrons. The lowest BCUT2D eigenvalue weighted by atomic mass is 10.1. The van der Waals surface area contributed by atoms with Crippen LogP contribution in [0.1, 0.15) is 26.2 Å². The van der Waals surface area contributed by atoms with Crippen LogP contribution in [0.15, 0.2) is 4.99 Å². The first kappa shape index (κ1) is 18.5. The Morgan fingerprint density at radius 1 is 1.41 bits per heavy atom. The van der Waals surface area contributed by atoms with Gasteiger partial charge in [-0.3, -0.25) is 4.99 Å². The molecular formula is C13H26N4O4S. The summed E-state index contributed by atoms with van der Waals surface area (Å²) in [5.74, 6) is 0.435. The minimum absolute atomic E-state index is 0.113. The highest BCUT2D eigenvalue weighted by molar-refractivity contribution is 7.90. The summed E-state index contributed by atoms with van der Waals surface area (Å²) in [4.78, 5) is 17.4. The van der Waals surface area contributed by atoms with E-state index in [4.69, 9.17) is 10.5 Å². The summed E-state index contributed by atoms with van der Waals surface area (Å²) in [6.45, 7) is 3.79. The minimum Gasteiger partial charge on any atom is -0.450 e. The lowest BCUT2D eigenvalue weighted by Gasteiger charge is -2.31. The minimum atomic E-state index is -2.95. The molecule has 0 spiro atoms. The second-order valence-electron chi connectivity index (χ2n) is 5.35. The summed E-state index contributed by atoms with van der Waals surface area (Å²) in [6.07, 6.45) is 2.94. The maximum Gasteiger partial charge on any atom is 0.409 e. The molecule has 0 aliphatic carbocycles. The number of piperidine rings is 1. The van der Waals surface area contributed by atoms with E-state index in [9.17, 15) is 13.2 Å². The van der Waals surface area contributed by atoms with Crippen LogP contribution in [0.4, 0.5) is 4.79 Å². The zero-order valence-corrected chi connectivity index (χ0v) is 14.1. The molecule has 0 aromatic rings. The van der Waals surface area contributed by atoms with Crippen LogP contribution in [0.25, 0.3) is 0 Å². The topological polar surface area (TPSA) is 114 Å². The second kappa shape index (κ2) is 8.82. The zero-order valence-electron chi connectivity index (χ0n) is 13.2. The van der Waals surface area contributed by atoms with Gasteiger partial charge in [-0.25, -0.2) is 13.2 Å². The van der Waals surface area contributed by atoms with Gasteiger partial charge in [-0.1, -0.05) is 0 Å². The highest BCUT2D eigenvalue weighted by atomic mass is 32.2. The van der Waals surface area contributed by atoms with Gasteiger partial charge in [-0.15, -0.1) is 0 Å². The van der Waals surface area contributed by atoms with E-state index in [0.29, 0.717) is 38.6 Å². The number of nitrogens with zero attached hydrogens (tertiary/aromatic N) is 2. The largest absolute Gasteiger partial charge is 0.450 e. The Morgan fingerprint density at radius 2 is 2.05 bits per heavy atom. The molecule has 0 unspecified atom stereocenters. The summed E-state index contributed by atoms with van der Waals surface area (Å²) < 4.78 is 26.9. The summed E-state index contributed by atoms with van der Waals surface area (Å²) in [6, 6.07) is 0.171. The number of likely N-dealkylation sites (tertiary alicyclic amines) is 1. The zero-order chi connectivity index (χ0) is 16.6. The standard InChI is InChI=1S/C13H26N4O4S/c1-3-21-13(18)17-8-5-11(6-9-17)16-12(14)15-7-4-10-22(2,19)20/h11H,3-10H2,1-2H3,(H3,14,15,16). The average molecular weight is 334 g/mol. The predicted octanol–water partition coefficient (Wildman–Crippen LogP) is -0.0537. The van der Waals surface area contributed by atoms with Crippen molar-refractivity contribution in [3.63, 3.8) is 0 Å². The number of carbonyl (C=O) groups excluding carboxylic acids is 1. The van der Waals surface area contributed by atoms with Crippen LogP contribution in [-0.4, -0.2) is 69.7 Å². The van der Waals surface area contributed by atoms with Gasteiger partial charge in [0.15, 0.2) is 5.96 Å². The van der Waals surface area contributed by atoms with Crippen LogP contribution in [0.5, 0.6) is 0 Å². The summed E-state index contributed by atoms with van der Waals surface area (Å²) >= 11 is 0. The maximum absolute atomic E-state index is 11.6. The fourth-order valence-corrected chi connectivity index (χ4v) is 2.86. The molecule has 0 radical (unpaired) electrons. The van der Waals surface area contributed by atoms with Gasteiger partial charge in [0.05, 0.1) is 12.4 Å². The maximum atomic E-state index is 11.6. The van der Waals surface area contributed by atoms with Gasteiger partial charge in [-0.05, 0) is 26.2 Å². The summed E-state index contributed by atoms with van der Waals surface area (Å²) in [7, 11) is -2.95. The quantitative estimate of drug-likeness (QED) is 0.400. The molecule has 0 bridgehead atoms. The predicted molar refractivity (Wildman–Crippen MR) is 85.6 cm³/mol. The average Bonchev–Trinajstić information content (AvgIpc) is 2.44. The van der Waals surface area contributed by atoms with Gasteiger partial charge in [0.1, 0.15) is 9.84 Å². The number of carbonyl (C=O) groups is 1. The number of sulfone groups is 1. The molecule has 1 aliphatic rings. The number of ether oxygens (including phenoxy) is 1. The van der Waals surface area contributed by atoms with E-state index in [1.54, 1.807) is 11.8 Å². The van der Waals surface area contributed by atoms with Crippen molar-refractivity contribution in [3.8, 4) is 0 Å². The lowest BCUT2D eigenvalue weighted by Crippen LogP contribution is -2.48. The van der Waals surface area contributed by atoms with E-state index in [0.717, 1.165) is 12.8 Å². The van der Waals surface area contributed by atoms with E-state index in [1.165, 1.54) is 6.26 Å². The Labute approximate surface area is 132 Å². The van der Waals surface area contributed by atoms with E-state index in [2.05, 4.69) is 10.3 Å². The molecule has 9 heteroatoms. The van der Waals surface area contributed by atoms with Crippen LogP contribution in [-0.2, 0) is 14.6 Å². The molecule has 1 rings (SSSR count). The normalized spacial score (nSPS) is 17.4. The number of guanidine groups is 1. The number of rotatable bonds is 6. The molecule has 1 saturated heterocycles. The molecule has 1 amide bonds. The molecule has 22 heavy (non-hydrogen) atoms. The monoisotopic (exact) mass is 334 g/mol. The molecule has 1 fully saturated rings. The smallest absolute Gasteiger partial charge is 0.409 e. The Morgan fingerprint density at radius 3 is 2.59 bits per heavy atom. The number of aliphatic imine (C=N–C) groups is 1. The lowest BCUT2D eigenvalue weighted by molar-refractivity contribution is 0.0963. The summed E-state index contributed by atoms with van der Waals surface area (Å²) in [5, 5.41) is 3.11. The highest BCUT2D eigenvalue weighted by Gasteiger charge is 2.23. The molecular weight excluding hydrogens is 308 g/mol. The number of nitrogens with two attached hydrogens (primary N) is 1. The molecule has 0 aromatic heterocycles. The molecule has 3 N–H and O–H groups in total. The SMILES string of the molecule is CCOC(=O)N1CCC(NC(N)=NCCCS(C)(=O)=O)CC1. The third-order valence-electron chi connectivity index (χ3n) is 3.33. The van der Waals surface area contributed by atoms with Crippen LogP contribution >= 0.6 is 0 Å². The van der Waals surface area contributed by atoms with Crippen molar-refractivity contribution in [3.05, 3.63) is 0 Å². The van der Waals surface area contributed by atoms with Crippen LogP contribution in [0, 0.1) is 0 Å². The Hall–Kier alpha value is -1.51. The number of hydrogen-bond acceptors (Lipinski definition) is 5. The Kier molecular flexibility index (Phi) is 7.43. The van der Waals surface area contributed by atoms with E-state index in [-0.39, 0.29) is 17.9 Å². The Balaban J connectivity index is 2.26. The highest BCUT2D eigenvalue weighted by Crippen LogP contribution is 2.11. The van der Waals surface area contributed by atoms with E-state index in [1.807, 2.05) is 0 Å². The first-order valence-corrected chi connectivity index (χ1v) is 9.53. The van der Waals surface area contributed by atoms with Gasteiger partial charge in [0.2, 0.25) is 0 Å². The van der Waals surface area contributed by atoms with Gasteiger partial charge < -0.3 is 20.7 Å². The second-order valence-corrected chi connectivity index (χ2v) is 7.61. The van der Waals surface area contributed by atoms with Gasteiger partial charge in [-0.2, -0.15) is 0 Å². The van der Waals surface area contributed by atoms with Crippen molar-refractivity contribution >= 4 is 21.9 Å². The Bertz CT molecular complexity index is 484. The van der Waals surface area contributed by atoms with Crippen molar-refractivity contribution in [1.82, 2.24) is 10.2 Å². The van der Waals surface area contributed by atoms with Crippen molar-refractivity contribution in [2.24, 2.45) is 10.7 Å². The van der Waals surface area contributed by atoms with Crippen LogP contribution < -0.4 is 11.1 Å². The van der Waals surface area contributed by atoms with Crippen molar-refractivity contribution in [1.29, 1.82) is 0 Å². The van der Waals surface area contributed by atoms with Gasteiger partial charge in [0.25, 0.3) is 0 Å². The van der Waals surface area contributed by atoms with Crippen molar-refractivity contribution in [2.75, 3.05) is 38.2 Å². The molecule has 1 heterocycles. The third-order valence-corrected chi connectivity index (χ3v) is 4.36. The molecule has 0 aromatic carbocycles. The fourth-order valence-electron chi connectivity index (χ4n) is 2.20. The molecule has 8 nitrogen and oxygen atoms in total. The van der Waals surface area contributed by atoms with E-state index < -0.39 is 9.84 Å². The fraction of sp³-hybridized carbons (Fsp3) is 0.846. The first-order chi connectivity index (χ1) is 10.3. The van der Waals surface area contributed by atoms with E-state index >= 15 is 0 Å². The van der Waals surface area contributed by atoms with Gasteiger partial charge >= 0.3 is 6.09 Å². The van der Waals surface area contributed by atoms with Gasteiger partial charge in [0, 0.05) is 31.9 Å². The van der Waals surface area contributed by atoms with Crippen molar-refractivity contribution in [2.45, 2.75) is 32.2 Å². The number of nitrogens with one attached hydrogen (secondary N) is 1. The summed E-state index contributed by atoms with van der Waals surface area (Å²) in [5.41, 5.74) is 5.78. The third kappa shape index (κ3) is 7.48. The van der Waals surface area contributed by atoms with Crippen LogP contribution in [0.2, 0.25) is 0 Å². The van der Waals surface area contributed by atoms with Crippen molar-refractivity contribution < 1.29 is 17.9 Å².